The van der Waals surface area contributed by atoms with Crippen molar-refractivity contribution < 1.29 is 0 Å². The summed E-state index contributed by atoms with van der Waals surface area (Å²) in [6.45, 7) is 2.07. The second-order valence-corrected chi connectivity index (χ2v) is 4.82. The van der Waals surface area contributed by atoms with Crippen LogP contribution in [0.3, 0.4) is 0 Å². The minimum Gasteiger partial charge on any atom is -0.244 e. The van der Waals surface area contributed by atoms with E-state index in [4.69, 9.17) is 9.97 Å². The van der Waals surface area contributed by atoms with Crippen LogP contribution in [0.25, 0.3) is 32.8 Å². The van der Waals surface area contributed by atoms with Crippen molar-refractivity contribution in [3.05, 3.63) is 60.2 Å². The van der Waals surface area contributed by atoms with Gasteiger partial charge in [-0.15, -0.1) is 0 Å². The SMILES string of the molecule is Cc1cccc2nc3c(ccc4ccccc43)nc12. The zero-order valence-electron chi connectivity index (χ0n) is 10.6. The largest absolute Gasteiger partial charge is 0.244 e. The highest BCUT2D eigenvalue weighted by molar-refractivity contribution is 6.05. The van der Waals surface area contributed by atoms with Crippen molar-refractivity contribution in [3.8, 4) is 0 Å². The van der Waals surface area contributed by atoms with Gasteiger partial charge in [-0.05, 0) is 30.0 Å². The summed E-state index contributed by atoms with van der Waals surface area (Å²) in [4.78, 5) is 9.57. The number of rotatable bonds is 0. The van der Waals surface area contributed by atoms with Crippen molar-refractivity contribution in [2.45, 2.75) is 6.92 Å². The third-order valence-corrected chi connectivity index (χ3v) is 3.56. The molecule has 0 N–H and O–H groups in total. The van der Waals surface area contributed by atoms with Crippen molar-refractivity contribution in [1.29, 1.82) is 0 Å². The highest BCUT2D eigenvalue weighted by Crippen LogP contribution is 2.25. The molecule has 2 heteroatoms. The Labute approximate surface area is 110 Å². The summed E-state index contributed by atoms with van der Waals surface area (Å²) in [6, 6.07) is 18.6. The molecule has 0 aliphatic rings. The first-order valence-electron chi connectivity index (χ1n) is 6.38. The van der Waals surface area contributed by atoms with Gasteiger partial charge in [0, 0.05) is 5.39 Å². The molecule has 4 aromatic rings. The number of nitrogens with zero attached hydrogens (tertiary/aromatic N) is 2. The summed E-state index contributed by atoms with van der Waals surface area (Å²) < 4.78 is 0. The van der Waals surface area contributed by atoms with Gasteiger partial charge in [0.2, 0.25) is 0 Å². The number of hydrogen-bond acceptors (Lipinski definition) is 2. The van der Waals surface area contributed by atoms with Gasteiger partial charge in [-0.3, -0.25) is 0 Å². The minimum absolute atomic E-state index is 0.959. The summed E-state index contributed by atoms with van der Waals surface area (Å²) in [5, 5.41) is 2.37. The standard InChI is InChI=1S/C17H12N2/c1-11-5-4-8-14-16(11)18-15-10-9-12-6-2-3-7-13(12)17(15)19-14/h2-10H,1H3. The third kappa shape index (κ3) is 1.50. The van der Waals surface area contributed by atoms with E-state index in [1.165, 1.54) is 10.9 Å². The average Bonchev–Trinajstić information content (AvgIpc) is 2.46. The molecule has 1 aromatic heterocycles. The van der Waals surface area contributed by atoms with Crippen LogP contribution in [0.5, 0.6) is 0 Å². The molecular weight excluding hydrogens is 232 g/mol. The maximum atomic E-state index is 4.80. The van der Waals surface area contributed by atoms with Gasteiger partial charge in [0.1, 0.15) is 0 Å². The Morgan fingerprint density at radius 1 is 0.684 bits per heavy atom. The molecule has 0 spiro atoms. The van der Waals surface area contributed by atoms with E-state index in [1.807, 2.05) is 24.3 Å². The van der Waals surface area contributed by atoms with Crippen molar-refractivity contribution in [2.24, 2.45) is 0 Å². The lowest BCUT2D eigenvalue weighted by Gasteiger charge is -2.06. The first-order chi connectivity index (χ1) is 9.33. The molecule has 2 nitrogen and oxygen atoms in total. The number of hydrogen-bond donors (Lipinski definition) is 0. The van der Waals surface area contributed by atoms with Crippen LogP contribution in [0.1, 0.15) is 5.56 Å². The summed E-state index contributed by atoms with van der Waals surface area (Å²) in [7, 11) is 0. The highest BCUT2D eigenvalue weighted by Gasteiger charge is 2.06. The van der Waals surface area contributed by atoms with Gasteiger partial charge in [0.25, 0.3) is 0 Å². The normalized spacial score (nSPS) is 11.4. The number of benzene rings is 3. The molecule has 1 heterocycles. The van der Waals surface area contributed by atoms with Crippen LogP contribution < -0.4 is 0 Å². The Morgan fingerprint density at radius 3 is 2.42 bits per heavy atom. The molecule has 0 unspecified atom stereocenters. The molecular formula is C17H12N2. The Balaban J connectivity index is 2.26. The van der Waals surface area contributed by atoms with E-state index in [9.17, 15) is 0 Å². The molecule has 0 bridgehead atoms. The quantitative estimate of drug-likeness (QED) is 0.341. The fourth-order valence-electron chi connectivity index (χ4n) is 2.57. The Hall–Kier alpha value is -2.48. The van der Waals surface area contributed by atoms with E-state index in [-0.39, 0.29) is 0 Å². The molecule has 0 saturated carbocycles. The van der Waals surface area contributed by atoms with E-state index in [1.54, 1.807) is 0 Å². The Kier molecular flexibility index (Phi) is 2.06. The average molecular weight is 244 g/mol. The maximum absolute atomic E-state index is 4.80. The lowest BCUT2D eigenvalue weighted by Crippen LogP contribution is -1.90. The van der Waals surface area contributed by atoms with Crippen LogP contribution in [0.15, 0.2) is 54.6 Å². The van der Waals surface area contributed by atoms with Crippen LogP contribution in [0, 0.1) is 6.92 Å². The van der Waals surface area contributed by atoms with Crippen molar-refractivity contribution in [1.82, 2.24) is 9.97 Å². The lowest BCUT2D eigenvalue weighted by atomic mass is 10.1. The molecule has 4 rings (SSSR count). The summed E-state index contributed by atoms with van der Waals surface area (Å²) in [5.41, 5.74) is 5.06. The first-order valence-corrected chi connectivity index (χ1v) is 6.38. The molecule has 0 saturated heterocycles. The van der Waals surface area contributed by atoms with E-state index in [2.05, 4.69) is 37.3 Å². The van der Waals surface area contributed by atoms with E-state index >= 15 is 0 Å². The Bertz CT molecular complexity index is 926. The van der Waals surface area contributed by atoms with E-state index < -0.39 is 0 Å². The van der Waals surface area contributed by atoms with Gasteiger partial charge in [0.05, 0.1) is 22.1 Å². The molecule has 3 aromatic carbocycles. The maximum Gasteiger partial charge on any atom is 0.0972 e. The summed E-state index contributed by atoms with van der Waals surface area (Å²) in [6.07, 6.45) is 0. The Morgan fingerprint density at radius 2 is 1.47 bits per heavy atom. The van der Waals surface area contributed by atoms with Gasteiger partial charge >= 0.3 is 0 Å². The summed E-state index contributed by atoms with van der Waals surface area (Å²) in [5.74, 6) is 0. The van der Waals surface area contributed by atoms with E-state index in [0.717, 1.165) is 27.5 Å². The molecule has 19 heavy (non-hydrogen) atoms. The van der Waals surface area contributed by atoms with Crippen molar-refractivity contribution >= 4 is 32.8 Å². The molecule has 0 fully saturated rings. The van der Waals surface area contributed by atoms with Gasteiger partial charge < -0.3 is 0 Å². The predicted octanol–water partition coefficient (Wildman–Crippen LogP) is 4.24. The van der Waals surface area contributed by atoms with Crippen LogP contribution in [-0.4, -0.2) is 9.97 Å². The third-order valence-electron chi connectivity index (χ3n) is 3.56. The summed E-state index contributed by atoms with van der Waals surface area (Å²) >= 11 is 0. The minimum atomic E-state index is 0.959. The monoisotopic (exact) mass is 244 g/mol. The molecule has 90 valence electrons. The topological polar surface area (TPSA) is 25.8 Å². The van der Waals surface area contributed by atoms with Gasteiger partial charge in [0.15, 0.2) is 0 Å². The van der Waals surface area contributed by atoms with Crippen LogP contribution in [0.2, 0.25) is 0 Å². The zero-order chi connectivity index (χ0) is 12.8. The molecule has 0 aliphatic carbocycles. The van der Waals surface area contributed by atoms with Gasteiger partial charge in [-0.2, -0.15) is 0 Å². The lowest BCUT2D eigenvalue weighted by molar-refractivity contribution is 1.36. The fraction of sp³-hybridized carbons (Fsp3) is 0.0588. The number of fused-ring (bicyclic) bond motifs is 4. The molecule has 0 aliphatic heterocycles. The number of aromatic nitrogens is 2. The molecule has 0 radical (unpaired) electrons. The first kappa shape index (κ1) is 10.4. The van der Waals surface area contributed by atoms with Gasteiger partial charge in [-0.1, -0.05) is 42.5 Å². The molecule has 0 atom stereocenters. The fourth-order valence-corrected chi connectivity index (χ4v) is 2.57. The van der Waals surface area contributed by atoms with Gasteiger partial charge in [-0.25, -0.2) is 9.97 Å². The second kappa shape index (κ2) is 3.75. The smallest absolute Gasteiger partial charge is 0.0972 e. The number of para-hydroxylation sites is 1. The predicted molar refractivity (Wildman–Crippen MR) is 79.3 cm³/mol. The van der Waals surface area contributed by atoms with Crippen molar-refractivity contribution in [3.63, 3.8) is 0 Å². The van der Waals surface area contributed by atoms with Crippen LogP contribution in [0.4, 0.5) is 0 Å². The van der Waals surface area contributed by atoms with Crippen LogP contribution in [-0.2, 0) is 0 Å². The van der Waals surface area contributed by atoms with E-state index in [0.29, 0.717) is 0 Å². The number of aryl methyl sites for hydroxylation is 1. The molecule has 0 amide bonds. The highest BCUT2D eigenvalue weighted by atomic mass is 14.8. The van der Waals surface area contributed by atoms with Crippen LogP contribution >= 0.6 is 0 Å². The second-order valence-electron chi connectivity index (χ2n) is 4.82. The van der Waals surface area contributed by atoms with Crippen molar-refractivity contribution in [2.75, 3.05) is 0 Å². The zero-order valence-corrected chi connectivity index (χ0v) is 10.6.